The topological polar surface area (TPSA) is 79.3 Å². The summed E-state index contributed by atoms with van der Waals surface area (Å²) in [4.78, 5) is 30.6. The van der Waals surface area contributed by atoms with E-state index in [0.29, 0.717) is 18.7 Å². The number of aliphatic hydroxyl groups excluding tert-OH is 1. The van der Waals surface area contributed by atoms with Crippen LogP contribution in [0, 0.1) is 0 Å². The summed E-state index contributed by atoms with van der Waals surface area (Å²) in [7, 11) is 0. The molecule has 39 heavy (non-hydrogen) atoms. The Labute approximate surface area is 232 Å². The highest BCUT2D eigenvalue weighted by Gasteiger charge is 2.46. The minimum Gasteiger partial charge on any atom is -0.507 e. The van der Waals surface area contributed by atoms with E-state index < -0.39 is 17.7 Å². The van der Waals surface area contributed by atoms with E-state index in [-0.39, 0.29) is 17.4 Å². The molecule has 2 aliphatic rings. The van der Waals surface area contributed by atoms with Crippen molar-refractivity contribution in [2.45, 2.75) is 71.9 Å². The fourth-order valence-electron chi connectivity index (χ4n) is 5.47. The second-order valence-corrected chi connectivity index (χ2v) is 10.5. The van der Waals surface area contributed by atoms with Crippen LogP contribution < -0.4 is 9.47 Å². The lowest BCUT2D eigenvalue weighted by molar-refractivity contribution is -0.140. The van der Waals surface area contributed by atoms with Crippen molar-refractivity contribution in [1.29, 1.82) is 0 Å². The molecule has 4 rings (SSSR count). The first kappa shape index (κ1) is 28.7. The highest BCUT2D eigenvalue weighted by Crippen LogP contribution is 2.41. The van der Waals surface area contributed by atoms with Crippen LogP contribution in [-0.2, 0) is 16.0 Å². The highest BCUT2D eigenvalue weighted by atomic mass is 16.5. The summed E-state index contributed by atoms with van der Waals surface area (Å²) in [5, 5.41) is 11.5. The normalized spacial score (nSPS) is 20.0. The number of aliphatic hydroxyl groups is 1. The number of hydrogen-bond acceptors (Lipinski definition) is 6. The van der Waals surface area contributed by atoms with Crippen LogP contribution in [0.1, 0.15) is 76.1 Å². The van der Waals surface area contributed by atoms with Crippen LogP contribution in [-0.4, -0.2) is 65.5 Å². The lowest BCUT2D eigenvalue weighted by atomic mass is 9.94. The quantitative estimate of drug-likeness (QED) is 0.153. The van der Waals surface area contributed by atoms with Gasteiger partial charge in [-0.2, -0.15) is 0 Å². The minimum atomic E-state index is -0.667. The van der Waals surface area contributed by atoms with Gasteiger partial charge in [0, 0.05) is 18.5 Å². The van der Waals surface area contributed by atoms with Crippen molar-refractivity contribution in [2.24, 2.45) is 0 Å². The van der Waals surface area contributed by atoms with Gasteiger partial charge in [-0.15, -0.1) is 0 Å². The molecule has 2 atom stereocenters. The van der Waals surface area contributed by atoms with Crippen LogP contribution in [0.25, 0.3) is 5.76 Å². The molecule has 1 fully saturated rings. The SMILES string of the molecule is CCCCCOc1ccc([C@@H]2C(=C(O)c3ccc4c(c3)C[C@@H](C)O4)C(=O)C(=O)N2CCCN(CC)CC)cc1. The minimum absolute atomic E-state index is 0.0662. The van der Waals surface area contributed by atoms with Gasteiger partial charge in [0.05, 0.1) is 18.2 Å². The Balaban J connectivity index is 1.66. The number of ketones is 1. The molecule has 1 amide bonds. The summed E-state index contributed by atoms with van der Waals surface area (Å²) in [5.74, 6) is 0.180. The molecule has 0 aliphatic carbocycles. The van der Waals surface area contributed by atoms with Crippen molar-refractivity contribution < 1.29 is 24.2 Å². The van der Waals surface area contributed by atoms with Crippen LogP contribution in [0.2, 0.25) is 0 Å². The van der Waals surface area contributed by atoms with Gasteiger partial charge in [0.15, 0.2) is 0 Å². The Morgan fingerprint density at radius 1 is 1.05 bits per heavy atom. The van der Waals surface area contributed by atoms with Gasteiger partial charge in [-0.1, -0.05) is 45.7 Å². The van der Waals surface area contributed by atoms with Crippen molar-refractivity contribution in [1.82, 2.24) is 9.80 Å². The molecule has 7 nitrogen and oxygen atoms in total. The number of likely N-dealkylation sites (tertiary alicyclic amines) is 1. The summed E-state index contributed by atoms with van der Waals surface area (Å²) in [6.07, 6.45) is 4.78. The molecule has 0 spiro atoms. The van der Waals surface area contributed by atoms with Gasteiger partial charge in [-0.25, -0.2) is 0 Å². The third kappa shape index (κ3) is 6.47. The molecule has 2 aromatic rings. The molecule has 0 unspecified atom stereocenters. The number of fused-ring (bicyclic) bond motifs is 1. The Morgan fingerprint density at radius 3 is 2.49 bits per heavy atom. The van der Waals surface area contributed by atoms with E-state index in [1.807, 2.05) is 43.3 Å². The van der Waals surface area contributed by atoms with Crippen molar-refractivity contribution in [3.05, 3.63) is 64.7 Å². The number of amides is 1. The van der Waals surface area contributed by atoms with E-state index in [0.717, 1.165) is 74.4 Å². The summed E-state index contributed by atoms with van der Waals surface area (Å²) in [6, 6.07) is 12.3. The molecular weight excluding hydrogens is 492 g/mol. The van der Waals surface area contributed by atoms with E-state index in [9.17, 15) is 14.7 Å². The Morgan fingerprint density at radius 2 is 1.79 bits per heavy atom. The molecule has 2 aromatic carbocycles. The van der Waals surface area contributed by atoms with Gasteiger partial charge in [0.2, 0.25) is 0 Å². The molecule has 210 valence electrons. The van der Waals surface area contributed by atoms with E-state index >= 15 is 0 Å². The number of Topliss-reactive ketones (excluding diaryl/α,β-unsaturated/α-hetero) is 1. The van der Waals surface area contributed by atoms with Crippen LogP contribution in [0.5, 0.6) is 11.5 Å². The maximum Gasteiger partial charge on any atom is 0.295 e. The molecule has 0 bridgehead atoms. The van der Waals surface area contributed by atoms with Gasteiger partial charge >= 0.3 is 0 Å². The van der Waals surface area contributed by atoms with Crippen LogP contribution in [0.3, 0.4) is 0 Å². The molecule has 0 saturated carbocycles. The van der Waals surface area contributed by atoms with Crippen LogP contribution >= 0.6 is 0 Å². The zero-order chi connectivity index (χ0) is 27.9. The molecule has 7 heteroatoms. The van der Waals surface area contributed by atoms with Gasteiger partial charge in [0.25, 0.3) is 11.7 Å². The van der Waals surface area contributed by atoms with Gasteiger partial charge in [-0.3, -0.25) is 9.59 Å². The van der Waals surface area contributed by atoms with Crippen molar-refractivity contribution in [2.75, 3.05) is 32.8 Å². The zero-order valence-corrected chi connectivity index (χ0v) is 23.7. The molecule has 1 N–H and O–H groups in total. The first-order valence-electron chi connectivity index (χ1n) is 14.4. The second kappa shape index (κ2) is 13.2. The predicted molar refractivity (Wildman–Crippen MR) is 153 cm³/mol. The number of rotatable bonds is 13. The molecule has 0 aromatic heterocycles. The number of unbranched alkanes of at least 4 members (excludes halogenated alkanes) is 2. The standard InChI is InChI=1S/C32H42N2O5/c1-5-8-9-19-38-26-14-11-23(12-15-26)29-28(30(35)24-13-16-27-25(21-24)20-22(4)39-27)31(36)32(37)34(29)18-10-17-33(6-2)7-3/h11-16,21-22,29,35H,5-10,17-20H2,1-4H3/t22-,29-/m1/s1. The van der Waals surface area contributed by atoms with Gasteiger partial charge in [-0.05, 0) is 80.9 Å². The summed E-state index contributed by atoms with van der Waals surface area (Å²) in [6.45, 7) is 12.2. The lowest BCUT2D eigenvalue weighted by Gasteiger charge is -2.27. The Hall–Kier alpha value is -3.32. The Bertz CT molecular complexity index is 1190. The molecule has 1 saturated heterocycles. The number of benzene rings is 2. The largest absolute Gasteiger partial charge is 0.507 e. The maximum atomic E-state index is 13.4. The maximum absolute atomic E-state index is 13.4. The third-order valence-electron chi connectivity index (χ3n) is 7.69. The van der Waals surface area contributed by atoms with Crippen molar-refractivity contribution in [3.63, 3.8) is 0 Å². The van der Waals surface area contributed by atoms with E-state index in [4.69, 9.17) is 9.47 Å². The number of nitrogens with zero attached hydrogens (tertiary/aromatic N) is 2. The monoisotopic (exact) mass is 534 g/mol. The average molecular weight is 535 g/mol. The predicted octanol–water partition coefficient (Wildman–Crippen LogP) is 5.73. The first-order valence-corrected chi connectivity index (χ1v) is 14.4. The number of carbonyl (C=O) groups excluding carboxylic acids is 2. The highest BCUT2D eigenvalue weighted by molar-refractivity contribution is 6.46. The van der Waals surface area contributed by atoms with E-state index in [1.165, 1.54) is 0 Å². The lowest BCUT2D eigenvalue weighted by Crippen LogP contribution is -2.33. The van der Waals surface area contributed by atoms with Gasteiger partial charge < -0.3 is 24.4 Å². The smallest absolute Gasteiger partial charge is 0.295 e. The van der Waals surface area contributed by atoms with Crippen molar-refractivity contribution >= 4 is 17.4 Å². The first-order chi connectivity index (χ1) is 18.9. The Kier molecular flexibility index (Phi) is 9.68. The number of hydrogen-bond donors (Lipinski definition) is 1. The van der Waals surface area contributed by atoms with Crippen molar-refractivity contribution in [3.8, 4) is 11.5 Å². The van der Waals surface area contributed by atoms with Gasteiger partial charge in [0.1, 0.15) is 23.4 Å². The number of carbonyl (C=O) groups is 2. The molecule has 0 radical (unpaired) electrons. The van der Waals surface area contributed by atoms with Crippen LogP contribution in [0.4, 0.5) is 0 Å². The molecule has 2 heterocycles. The zero-order valence-electron chi connectivity index (χ0n) is 23.7. The second-order valence-electron chi connectivity index (χ2n) is 10.5. The molecule has 2 aliphatic heterocycles. The fourth-order valence-corrected chi connectivity index (χ4v) is 5.47. The summed E-state index contributed by atoms with van der Waals surface area (Å²) in [5.41, 5.74) is 2.42. The van der Waals surface area contributed by atoms with E-state index in [2.05, 4.69) is 25.7 Å². The average Bonchev–Trinajstić information content (AvgIpc) is 3.44. The van der Waals surface area contributed by atoms with E-state index in [1.54, 1.807) is 11.0 Å². The summed E-state index contributed by atoms with van der Waals surface area (Å²) >= 11 is 0. The summed E-state index contributed by atoms with van der Waals surface area (Å²) < 4.78 is 11.7. The number of ether oxygens (including phenoxy) is 2. The fraction of sp³-hybridized carbons (Fsp3) is 0.500. The third-order valence-corrected chi connectivity index (χ3v) is 7.69. The van der Waals surface area contributed by atoms with Crippen LogP contribution in [0.15, 0.2) is 48.0 Å². The molecular formula is C32H42N2O5.